The molecule has 0 radical (unpaired) electrons. The Labute approximate surface area is 106 Å². The van der Waals surface area contributed by atoms with Crippen LogP contribution in [0.4, 0.5) is 5.69 Å². The van der Waals surface area contributed by atoms with E-state index in [1.807, 2.05) is 13.8 Å². The van der Waals surface area contributed by atoms with E-state index in [9.17, 15) is 10.1 Å². The van der Waals surface area contributed by atoms with Gasteiger partial charge in [-0.2, -0.15) is 0 Å². The Morgan fingerprint density at radius 2 is 1.89 bits per heavy atom. The zero-order valence-electron chi connectivity index (χ0n) is 10.7. The molecule has 0 aliphatic carbocycles. The average Bonchev–Trinajstić information content (AvgIpc) is 2.37. The summed E-state index contributed by atoms with van der Waals surface area (Å²) < 4.78 is 16.0. The first kappa shape index (κ1) is 14.4. The molecule has 0 aliphatic rings. The van der Waals surface area contributed by atoms with Crippen LogP contribution in [0, 0.1) is 10.1 Å². The topological polar surface area (TPSA) is 70.8 Å². The number of hydrogen-bond donors (Lipinski definition) is 0. The van der Waals surface area contributed by atoms with Gasteiger partial charge in [0.25, 0.3) is 5.69 Å². The van der Waals surface area contributed by atoms with E-state index in [1.54, 1.807) is 6.07 Å². The van der Waals surface area contributed by atoms with Crippen molar-refractivity contribution in [1.82, 2.24) is 0 Å². The lowest BCUT2D eigenvalue weighted by Gasteiger charge is -2.19. The standard InChI is InChI=1S/C12H17NO5/c1-4-17-12(18-5-2)10-7-6-9(13(14)15)8-11(10)16-3/h6-8,12H,4-5H2,1-3H3. The molecule has 0 amide bonds. The summed E-state index contributed by atoms with van der Waals surface area (Å²) in [7, 11) is 1.46. The minimum absolute atomic E-state index is 0.0256. The molecule has 1 rings (SSSR count). The lowest BCUT2D eigenvalue weighted by atomic mass is 10.1. The average molecular weight is 255 g/mol. The third kappa shape index (κ3) is 3.41. The van der Waals surface area contributed by atoms with Crippen molar-refractivity contribution in [3.05, 3.63) is 33.9 Å². The third-order valence-electron chi connectivity index (χ3n) is 2.32. The van der Waals surface area contributed by atoms with E-state index in [0.29, 0.717) is 24.5 Å². The molecule has 6 heteroatoms. The van der Waals surface area contributed by atoms with E-state index >= 15 is 0 Å². The largest absolute Gasteiger partial charge is 0.496 e. The molecule has 6 nitrogen and oxygen atoms in total. The zero-order valence-corrected chi connectivity index (χ0v) is 10.7. The van der Waals surface area contributed by atoms with E-state index in [4.69, 9.17) is 14.2 Å². The summed E-state index contributed by atoms with van der Waals surface area (Å²) in [4.78, 5) is 10.2. The maximum absolute atomic E-state index is 10.7. The fraction of sp³-hybridized carbons (Fsp3) is 0.500. The number of nitro groups is 1. The number of rotatable bonds is 7. The number of nitro benzene ring substituents is 1. The van der Waals surface area contributed by atoms with Crippen LogP contribution >= 0.6 is 0 Å². The minimum Gasteiger partial charge on any atom is -0.496 e. The molecule has 0 saturated carbocycles. The van der Waals surface area contributed by atoms with Crippen molar-refractivity contribution >= 4 is 5.69 Å². The van der Waals surface area contributed by atoms with E-state index in [1.165, 1.54) is 19.2 Å². The van der Waals surface area contributed by atoms with Crippen molar-refractivity contribution in [1.29, 1.82) is 0 Å². The van der Waals surface area contributed by atoms with Crippen LogP contribution in [0.5, 0.6) is 5.75 Å². The highest BCUT2D eigenvalue weighted by molar-refractivity contribution is 5.45. The summed E-state index contributed by atoms with van der Waals surface area (Å²) >= 11 is 0. The summed E-state index contributed by atoms with van der Waals surface area (Å²) in [6.45, 7) is 4.66. The molecule has 100 valence electrons. The Balaban J connectivity index is 3.09. The molecule has 0 spiro atoms. The van der Waals surface area contributed by atoms with E-state index < -0.39 is 11.2 Å². The molecule has 0 unspecified atom stereocenters. The van der Waals surface area contributed by atoms with Gasteiger partial charge in [-0.3, -0.25) is 10.1 Å². The first-order chi connectivity index (χ1) is 8.63. The molecule has 0 aromatic heterocycles. The smallest absolute Gasteiger partial charge is 0.273 e. The van der Waals surface area contributed by atoms with Crippen LogP contribution in [-0.4, -0.2) is 25.2 Å². The zero-order chi connectivity index (χ0) is 13.5. The highest BCUT2D eigenvalue weighted by atomic mass is 16.7. The molecule has 1 aromatic rings. The summed E-state index contributed by atoms with van der Waals surface area (Å²) in [5, 5.41) is 10.7. The number of benzene rings is 1. The second kappa shape index (κ2) is 6.93. The number of methoxy groups -OCH3 is 1. The van der Waals surface area contributed by atoms with E-state index in [0.717, 1.165) is 0 Å². The van der Waals surface area contributed by atoms with Gasteiger partial charge < -0.3 is 14.2 Å². The van der Waals surface area contributed by atoms with Crippen LogP contribution in [-0.2, 0) is 9.47 Å². The Bertz CT molecular complexity index is 401. The molecule has 18 heavy (non-hydrogen) atoms. The Morgan fingerprint density at radius 1 is 1.28 bits per heavy atom. The highest BCUT2D eigenvalue weighted by Crippen LogP contribution is 2.31. The third-order valence-corrected chi connectivity index (χ3v) is 2.32. The molecule has 0 heterocycles. The van der Waals surface area contributed by atoms with E-state index in [2.05, 4.69) is 0 Å². The number of ether oxygens (including phenoxy) is 3. The Hall–Kier alpha value is -1.66. The molecule has 0 aliphatic heterocycles. The van der Waals surface area contributed by atoms with Gasteiger partial charge in [0.1, 0.15) is 5.75 Å². The van der Waals surface area contributed by atoms with E-state index in [-0.39, 0.29) is 5.69 Å². The SMILES string of the molecule is CCOC(OCC)c1ccc([N+](=O)[O-])cc1OC. The lowest BCUT2D eigenvalue weighted by molar-refractivity contribution is -0.385. The Morgan fingerprint density at radius 3 is 2.33 bits per heavy atom. The van der Waals surface area contributed by atoms with Crippen molar-refractivity contribution in [2.75, 3.05) is 20.3 Å². The first-order valence-corrected chi connectivity index (χ1v) is 5.69. The normalized spacial score (nSPS) is 10.7. The van der Waals surface area contributed by atoms with Crippen LogP contribution in [0.25, 0.3) is 0 Å². The van der Waals surface area contributed by atoms with Gasteiger partial charge in [-0.1, -0.05) is 0 Å². The Kier molecular flexibility index (Phi) is 5.54. The van der Waals surface area contributed by atoms with Gasteiger partial charge >= 0.3 is 0 Å². The molecule has 0 bridgehead atoms. The van der Waals surface area contributed by atoms with Crippen LogP contribution in [0.15, 0.2) is 18.2 Å². The van der Waals surface area contributed by atoms with Crippen molar-refractivity contribution in [3.8, 4) is 5.75 Å². The van der Waals surface area contributed by atoms with Crippen LogP contribution in [0.2, 0.25) is 0 Å². The molecule has 1 aromatic carbocycles. The van der Waals surface area contributed by atoms with Gasteiger partial charge in [0.2, 0.25) is 0 Å². The van der Waals surface area contributed by atoms with Gasteiger partial charge in [-0.15, -0.1) is 0 Å². The van der Waals surface area contributed by atoms with Crippen LogP contribution in [0.1, 0.15) is 25.7 Å². The molecular weight excluding hydrogens is 238 g/mol. The van der Waals surface area contributed by atoms with Crippen molar-refractivity contribution in [3.63, 3.8) is 0 Å². The predicted octanol–water partition coefficient (Wildman–Crippen LogP) is 2.68. The summed E-state index contributed by atoms with van der Waals surface area (Å²) in [5.74, 6) is 0.385. The number of non-ortho nitro benzene ring substituents is 1. The molecule has 0 saturated heterocycles. The van der Waals surface area contributed by atoms with Gasteiger partial charge in [0.15, 0.2) is 6.29 Å². The van der Waals surface area contributed by atoms with Crippen LogP contribution in [0.3, 0.4) is 0 Å². The van der Waals surface area contributed by atoms with Crippen molar-refractivity contribution < 1.29 is 19.1 Å². The second-order valence-corrected chi connectivity index (χ2v) is 3.43. The van der Waals surface area contributed by atoms with Gasteiger partial charge in [0.05, 0.1) is 23.7 Å². The van der Waals surface area contributed by atoms with Gasteiger partial charge in [-0.05, 0) is 19.9 Å². The number of hydrogen-bond acceptors (Lipinski definition) is 5. The van der Waals surface area contributed by atoms with Crippen molar-refractivity contribution in [2.24, 2.45) is 0 Å². The predicted molar refractivity (Wildman–Crippen MR) is 65.6 cm³/mol. The van der Waals surface area contributed by atoms with Gasteiger partial charge in [-0.25, -0.2) is 0 Å². The minimum atomic E-state index is -0.573. The fourth-order valence-corrected chi connectivity index (χ4v) is 1.54. The second-order valence-electron chi connectivity index (χ2n) is 3.43. The van der Waals surface area contributed by atoms with Crippen molar-refractivity contribution in [2.45, 2.75) is 20.1 Å². The maximum atomic E-state index is 10.7. The monoisotopic (exact) mass is 255 g/mol. The quantitative estimate of drug-likeness (QED) is 0.425. The van der Waals surface area contributed by atoms with Crippen LogP contribution < -0.4 is 4.74 Å². The fourth-order valence-electron chi connectivity index (χ4n) is 1.54. The maximum Gasteiger partial charge on any atom is 0.273 e. The number of nitrogens with zero attached hydrogens (tertiary/aromatic N) is 1. The molecule has 0 fully saturated rings. The summed E-state index contributed by atoms with van der Waals surface area (Å²) in [6, 6.07) is 4.36. The first-order valence-electron chi connectivity index (χ1n) is 5.69. The summed E-state index contributed by atoms with van der Waals surface area (Å²) in [6.07, 6.45) is -0.573. The summed E-state index contributed by atoms with van der Waals surface area (Å²) in [5.41, 5.74) is 0.620. The molecular formula is C12H17NO5. The van der Waals surface area contributed by atoms with Gasteiger partial charge in [0, 0.05) is 19.3 Å². The molecule has 0 N–H and O–H groups in total. The lowest BCUT2D eigenvalue weighted by Crippen LogP contribution is -2.10. The highest BCUT2D eigenvalue weighted by Gasteiger charge is 2.19. The molecule has 0 atom stereocenters.